The maximum absolute atomic E-state index is 13.2. The zero-order valence-corrected chi connectivity index (χ0v) is 16.2. The van der Waals surface area contributed by atoms with Crippen LogP contribution in [0.1, 0.15) is 15.9 Å². The SMILES string of the molecule is COc1cccc(C(=O)Nc2ccc3c(c2)OCC(=O)N3Cc2ccc(F)cc2)c1. The van der Waals surface area contributed by atoms with Crippen molar-refractivity contribution in [3.63, 3.8) is 0 Å². The Bertz CT molecular complexity index is 1100. The lowest BCUT2D eigenvalue weighted by Gasteiger charge is -2.29. The minimum atomic E-state index is -0.330. The number of carbonyl (C=O) groups excluding carboxylic acids is 2. The molecule has 0 radical (unpaired) electrons. The molecule has 0 bridgehead atoms. The molecule has 7 heteroatoms. The molecule has 152 valence electrons. The van der Waals surface area contributed by atoms with Crippen molar-refractivity contribution in [2.45, 2.75) is 6.54 Å². The Hall–Kier alpha value is -3.87. The molecule has 1 aliphatic heterocycles. The summed E-state index contributed by atoms with van der Waals surface area (Å²) in [4.78, 5) is 26.5. The van der Waals surface area contributed by atoms with Gasteiger partial charge in [0, 0.05) is 17.3 Å². The summed E-state index contributed by atoms with van der Waals surface area (Å²) in [6, 6.07) is 17.9. The van der Waals surface area contributed by atoms with Gasteiger partial charge in [-0.15, -0.1) is 0 Å². The standard InChI is InChI=1S/C23H19FN2O4/c1-29-19-4-2-3-16(11-19)23(28)25-18-9-10-20-21(12-18)30-14-22(27)26(20)13-15-5-7-17(24)8-6-15/h2-12H,13-14H2,1H3,(H,25,28). The average Bonchev–Trinajstić information content (AvgIpc) is 2.77. The second-order valence-electron chi connectivity index (χ2n) is 6.76. The van der Waals surface area contributed by atoms with Gasteiger partial charge in [-0.05, 0) is 48.0 Å². The third-order valence-corrected chi connectivity index (χ3v) is 4.75. The molecule has 0 saturated carbocycles. The average molecular weight is 406 g/mol. The van der Waals surface area contributed by atoms with Crippen molar-refractivity contribution in [2.24, 2.45) is 0 Å². The maximum atomic E-state index is 13.2. The Morgan fingerprint density at radius 2 is 1.93 bits per heavy atom. The van der Waals surface area contributed by atoms with Gasteiger partial charge in [0.25, 0.3) is 11.8 Å². The van der Waals surface area contributed by atoms with Crippen LogP contribution in [-0.4, -0.2) is 25.5 Å². The third-order valence-electron chi connectivity index (χ3n) is 4.75. The minimum absolute atomic E-state index is 0.110. The number of amides is 2. The van der Waals surface area contributed by atoms with Crippen LogP contribution in [0.3, 0.4) is 0 Å². The summed E-state index contributed by atoms with van der Waals surface area (Å²) in [7, 11) is 1.54. The molecular formula is C23H19FN2O4. The van der Waals surface area contributed by atoms with Gasteiger partial charge < -0.3 is 19.7 Å². The molecule has 6 nitrogen and oxygen atoms in total. The van der Waals surface area contributed by atoms with E-state index < -0.39 is 0 Å². The number of hydrogen-bond donors (Lipinski definition) is 1. The van der Waals surface area contributed by atoms with Crippen molar-refractivity contribution < 1.29 is 23.5 Å². The van der Waals surface area contributed by atoms with Crippen molar-refractivity contribution in [1.82, 2.24) is 0 Å². The number of nitrogens with zero attached hydrogens (tertiary/aromatic N) is 1. The number of methoxy groups -OCH3 is 1. The number of halogens is 1. The minimum Gasteiger partial charge on any atom is -0.497 e. The van der Waals surface area contributed by atoms with Crippen LogP contribution in [0.25, 0.3) is 0 Å². The van der Waals surface area contributed by atoms with Gasteiger partial charge in [-0.2, -0.15) is 0 Å². The van der Waals surface area contributed by atoms with Crippen LogP contribution in [0.4, 0.5) is 15.8 Å². The van der Waals surface area contributed by atoms with Crippen LogP contribution in [-0.2, 0) is 11.3 Å². The van der Waals surface area contributed by atoms with Crippen LogP contribution in [0.5, 0.6) is 11.5 Å². The lowest BCUT2D eigenvalue weighted by molar-refractivity contribution is -0.121. The summed E-state index contributed by atoms with van der Waals surface area (Å²) in [5.41, 5.74) is 2.39. The molecule has 3 aromatic carbocycles. The molecular weight excluding hydrogens is 387 g/mol. The molecule has 0 unspecified atom stereocenters. The fraction of sp³-hybridized carbons (Fsp3) is 0.130. The molecule has 2 amide bonds. The lowest BCUT2D eigenvalue weighted by atomic mass is 10.1. The number of anilines is 2. The predicted molar refractivity (Wildman–Crippen MR) is 110 cm³/mol. The van der Waals surface area contributed by atoms with E-state index in [1.54, 1.807) is 59.5 Å². The van der Waals surface area contributed by atoms with Gasteiger partial charge in [0.15, 0.2) is 6.61 Å². The first-order valence-corrected chi connectivity index (χ1v) is 9.30. The highest BCUT2D eigenvalue weighted by atomic mass is 19.1. The molecule has 0 atom stereocenters. The number of carbonyl (C=O) groups is 2. The molecule has 0 aliphatic carbocycles. The van der Waals surface area contributed by atoms with E-state index in [1.165, 1.54) is 19.2 Å². The molecule has 3 aromatic rings. The maximum Gasteiger partial charge on any atom is 0.265 e. The van der Waals surface area contributed by atoms with Crippen molar-refractivity contribution in [2.75, 3.05) is 23.9 Å². The second-order valence-corrected chi connectivity index (χ2v) is 6.76. The van der Waals surface area contributed by atoms with Crippen LogP contribution >= 0.6 is 0 Å². The van der Waals surface area contributed by atoms with Gasteiger partial charge in [-0.1, -0.05) is 18.2 Å². The summed E-state index contributed by atoms with van der Waals surface area (Å²) in [5.74, 6) is 0.263. The summed E-state index contributed by atoms with van der Waals surface area (Å²) in [5, 5.41) is 2.82. The van der Waals surface area contributed by atoms with E-state index in [4.69, 9.17) is 9.47 Å². The number of hydrogen-bond acceptors (Lipinski definition) is 4. The van der Waals surface area contributed by atoms with Gasteiger partial charge in [-0.3, -0.25) is 9.59 Å². The van der Waals surface area contributed by atoms with E-state index in [1.807, 2.05) is 0 Å². The Morgan fingerprint density at radius 1 is 1.13 bits per heavy atom. The first-order valence-electron chi connectivity index (χ1n) is 9.30. The molecule has 1 heterocycles. The Labute approximate surface area is 172 Å². The van der Waals surface area contributed by atoms with Crippen molar-refractivity contribution >= 4 is 23.2 Å². The number of ether oxygens (including phenoxy) is 2. The van der Waals surface area contributed by atoms with Gasteiger partial charge in [-0.25, -0.2) is 4.39 Å². The van der Waals surface area contributed by atoms with Gasteiger partial charge in [0.05, 0.1) is 19.3 Å². The molecule has 0 saturated heterocycles. The van der Waals surface area contributed by atoms with E-state index in [9.17, 15) is 14.0 Å². The molecule has 0 aromatic heterocycles. The quantitative estimate of drug-likeness (QED) is 0.695. The first kappa shape index (κ1) is 19.4. The molecule has 4 rings (SSSR count). The zero-order chi connectivity index (χ0) is 21.1. The Morgan fingerprint density at radius 3 is 2.70 bits per heavy atom. The summed E-state index contributed by atoms with van der Waals surface area (Å²) >= 11 is 0. The normalized spacial score (nSPS) is 12.7. The Balaban J connectivity index is 1.54. The number of rotatable bonds is 5. The Kier molecular flexibility index (Phi) is 5.34. The monoisotopic (exact) mass is 406 g/mol. The van der Waals surface area contributed by atoms with E-state index in [-0.39, 0.29) is 24.2 Å². The third kappa shape index (κ3) is 4.10. The highest BCUT2D eigenvalue weighted by Crippen LogP contribution is 2.35. The van der Waals surface area contributed by atoms with Crippen molar-refractivity contribution in [1.29, 1.82) is 0 Å². The summed E-state index contributed by atoms with van der Waals surface area (Å²) in [6.45, 7) is 0.187. The summed E-state index contributed by atoms with van der Waals surface area (Å²) in [6.07, 6.45) is 0. The molecule has 0 fully saturated rings. The van der Waals surface area contributed by atoms with Crippen molar-refractivity contribution in [3.05, 3.63) is 83.7 Å². The van der Waals surface area contributed by atoms with Crippen molar-refractivity contribution in [3.8, 4) is 11.5 Å². The number of benzene rings is 3. The summed E-state index contributed by atoms with van der Waals surface area (Å²) < 4.78 is 23.9. The topological polar surface area (TPSA) is 67.9 Å². The van der Waals surface area contributed by atoms with Crippen LogP contribution in [0.2, 0.25) is 0 Å². The van der Waals surface area contributed by atoms with E-state index in [0.717, 1.165) is 5.56 Å². The highest BCUT2D eigenvalue weighted by Gasteiger charge is 2.26. The fourth-order valence-electron chi connectivity index (χ4n) is 3.20. The predicted octanol–water partition coefficient (Wildman–Crippen LogP) is 4.01. The van der Waals surface area contributed by atoms with E-state index >= 15 is 0 Å². The highest BCUT2D eigenvalue weighted by molar-refractivity contribution is 6.05. The van der Waals surface area contributed by atoms with Gasteiger partial charge >= 0.3 is 0 Å². The smallest absolute Gasteiger partial charge is 0.265 e. The second kappa shape index (κ2) is 8.24. The molecule has 1 N–H and O–H groups in total. The lowest BCUT2D eigenvalue weighted by Crippen LogP contribution is -2.38. The van der Waals surface area contributed by atoms with Gasteiger partial charge in [0.2, 0.25) is 0 Å². The fourth-order valence-corrected chi connectivity index (χ4v) is 3.20. The molecule has 1 aliphatic rings. The molecule has 0 spiro atoms. The number of nitrogens with one attached hydrogen (secondary N) is 1. The number of fused-ring (bicyclic) bond motifs is 1. The van der Waals surface area contributed by atoms with E-state index in [2.05, 4.69) is 5.32 Å². The van der Waals surface area contributed by atoms with E-state index in [0.29, 0.717) is 35.0 Å². The first-order chi connectivity index (χ1) is 14.5. The van der Waals surface area contributed by atoms with Crippen LogP contribution in [0.15, 0.2) is 66.7 Å². The zero-order valence-electron chi connectivity index (χ0n) is 16.2. The van der Waals surface area contributed by atoms with Gasteiger partial charge in [0.1, 0.15) is 17.3 Å². The molecule has 30 heavy (non-hydrogen) atoms. The van der Waals surface area contributed by atoms with Crippen LogP contribution < -0.4 is 19.7 Å². The van der Waals surface area contributed by atoms with Crippen LogP contribution in [0, 0.1) is 5.82 Å². The largest absolute Gasteiger partial charge is 0.497 e.